The molecule has 146 valence electrons. The van der Waals surface area contributed by atoms with Gasteiger partial charge in [-0.15, -0.1) is 0 Å². The highest BCUT2D eigenvalue weighted by atomic mass is 35.5. The van der Waals surface area contributed by atoms with Crippen molar-refractivity contribution >= 4 is 33.8 Å². The maximum absolute atomic E-state index is 13.0. The van der Waals surface area contributed by atoms with E-state index in [1.54, 1.807) is 41.0 Å². The lowest BCUT2D eigenvalue weighted by atomic mass is 10.2. The Bertz CT molecular complexity index is 1170. The average molecular weight is 437 g/mol. The first-order chi connectivity index (χ1) is 13.5. The molecule has 10 heteroatoms. The number of ether oxygens (including phenoxy) is 1. The summed E-state index contributed by atoms with van der Waals surface area (Å²) in [4.78, 5) is 0.207. The lowest BCUT2D eigenvalue weighted by Crippen LogP contribution is -2.40. The Morgan fingerprint density at radius 2 is 1.86 bits per heavy atom. The summed E-state index contributed by atoms with van der Waals surface area (Å²) in [5.41, 5.74) is 1.37. The van der Waals surface area contributed by atoms with Crippen molar-refractivity contribution in [2.24, 2.45) is 0 Å². The van der Waals surface area contributed by atoms with Crippen molar-refractivity contribution in [3.8, 4) is 17.1 Å². The maximum atomic E-state index is 13.0. The molecule has 0 spiro atoms. The predicted octanol–water partition coefficient (Wildman–Crippen LogP) is 3.27. The summed E-state index contributed by atoms with van der Waals surface area (Å²) in [7, 11) is -3.61. The topological polar surface area (TPSA) is 80.2 Å². The number of nitrogens with zero attached hydrogens (tertiary/aromatic N) is 3. The van der Waals surface area contributed by atoms with Gasteiger partial charge in [-0.2, -0.15) is 9.40 Å². The fourth-order valence-electron chi connectivity index (χ4n) is 3.08. The van der Waals surface area contributed by atoms with Crippen LogP contribution in [0.25, 0.3) is 17.1 Å². The molecule has 1 fully saturated rings. The minimum atomic E-state index is -3.61. The maximum Gasteiger partial charge on any atom is 0.243 e. The zero-order valence-corrected chi connectivity index (χ0v) is 17.1. The first-order valence-corrected chi connectivity index (χ1v) is 10.8. The van der Waals surface area contributed by atoms with E-state index in [1.165, 1.54) is 4.31 Å². The van der Waals surface area contributed by atoms with E-state index >= 15 is 0 Å². The lowest BCUT2D eigenvalue weighted by molar-refractivity contribution is 0.0730. The zero-order chi connectivity index (χ0) is 19.7. The number of aromatic nitrogens is 3. The van der Waals surface area contributed by atoms with Crippen LogP contribution in [0.4, 0.5) is 0 Å². The number of H-pyrrole nitrogens is 1. The minimum absolute atomic E-state index is 0.207. The number of sulfonamides is 1. The molecule has 3 aromatic rings. The van der Waals surface area contributed by atoms with Crippen molar-refractivity contribution in [2.45, 2.75) is 4.90 Å². The van der Waals surface area contributed by atoms with Gasteiger partial charge in [-0.25, -0.2) is 8.42 Å². The molecular weight excluding hydrogens is 420 g/mol. The summed E-state index contributed by atoms with van der Waals surface area (Å²) in [6.07, 6.45) is 0. The van der Waals surface area contributed by atoms with Gasteiger partial charge in [-0.1, -0.05) is 29.8 Å². The molecule has 1 aliphatic heterocycles. The van der Waals surface area contributed by atoms with Gasteiger partial charge in [-0.3, -0.25) is 9.67 Å². The third-order valence-corrected chi connectivity index (χ3v) is 6.84. The molecule has 2 aromatic carbocycles. The molecule has 0 amide bonds. The van der Waals surface area contributed by atoms with Crippen molar-refractivity contribution in [1.82, 2.24) is 19.1 Å². The Morgan fingerprint density at radius 1 is 1.11 bits per heavy atom. The molecule has 0 aliphatic carbocycles. The molecule has 7 nitrogen and oxygen atoms in total. The number of rotatable bonds is 4. The monoisotopic (exact) mass is 436 g/mol. The molecule has 0 atom stereocenters. The Labute approximate surface area is 172 Å². The number of aromatic amines is 1. The van der Waals surface area contributed by atoms with Gasteiger partial charge in [0.15, 0.2) is 10.6 Å². The van der Waals surface area contributed by atoms with Crippen molar-refractivity contribution in [3.63, 3.8) is 0 Å². The molecule has 1 saturated heterocycles. The van der Waals surface area contributed by atoms with Crippen LogP contribution in [-0.4, -0.2) is 53.8 Å². The first-order valence-electron chi connectivity index (χ1n) is 8.58. The molecule has 1 aliphatic rings. The fourth-order valence-corrected chi connectivity index (χ4v) is 4.95. The fraction of sp³-hybridized carbons (Fsp3) is 0.222. The van der Waals surface area contributed by atoms with E-state index in [1.807, 2.05) is 12.1 Å². The second-order valence-corrected chi connectivity index (χ2v) is 8.97. The second kappa shape index (κ2) is 7.76. The molecule has 0 bridgehead atoms. The van der Waals surface area contributed by atoms with Gasteiger partial charge in [0.1, 0.15) is 0 Å². The number of hydrogen-bond acceptors (Lipinski definition) is 5. The highest BCUT2D eigenvalue weighted by Crippen LogP contribution is 2.26. The van der Waals surface area contributed by atoms with E-state index in [4.69, 9.17) is 28.6 Å². The summed E-state index contributed by atoms with van der Waals surface area (Å²) in [5, 5.41) is 7.64. The smallest absolute Gasteiger partial charge is 0.243 e. The summed E-state index contributed by atoms with van der Waals surface area (Å²) >= 11 is 11.5. The number of morpholine rings is 1. The Kier molecular flexibility index (Phi) is 5.35. The third kappa shape index (κ3) is 3.63. The van der Waals surface area contributed by atoms with Crippen molar-refractivity contribution < 1.29 is 13.2 Å². The van der Waals surface area contributed by atoms with Crippen molar-refractivity contribution in [2.75, 3.05) is 26.3 Å². The number of benzene rings is 2. The molecule has 0 radical (unpaired) electrons. The van der Waals surface area contributed by atoms with Crippen LogP contribution >= 0.6 is 23.8 Å². The molecule has 1 aromatic heterocycles. The molecule has 28 heavy (non-hydrogen) atoms. The van der Waals surface area contributed by atoms with Crippen LogP contribution in [0.3, 0.4) is 0 Å². The largest absolute Gasteiger partial charge is 0.379 e. The molecule has 1 N–H and O–H groups in total. The average Bonchev–Trinajstić information content (AvgIpc) is 3.10. The highest BCUT2D eigenvalue weighted by molar-refractivity contribution is 7.89. The molecular formula is C18H17ClN4O3S2. The van der Waals surface area contributed by atoms with Crippen LogP contribution in [0.1, 0.15) is 0 Å². The summed E-state index contributed by atoms with van der Waals surface area (Å²) in [6, 6.07) is 13.9. The minimum Gasteiger partial charge on any atom is -0.379 e. The summed E-state index contributed by atoms with van der Waals surface area (Å²) < 4.78 is 34.7. The number of nitrogens with one attached hydrogen (secondary N) is 1. The summed E-state index contributed by atoms with van der Waals surface area (Å²) in [5.74, 6) is 0.506. The van der Waals surface area contributed by atoms with E-state index < -0.39 is 10.0 Å². The van der Waals surface area contributed by atoms with Gasteiger partial charge in [0.2, 0.25) is 10.0 Å². The Hall–Kier alpha value is -2.04. The van der Waals surface area contributed by atoms with Crippen molar-refractivity contribution in [3.05, 3.63) is 58.3 Å². The standard InChI is InChI=1S/C18H17ClN4O3S2/c19-14-4-2-5-15(12-14)23-17(20-21-18(23)27)13-3-1-6-16(11-13)28(24,25)22-7-9-26-10-8-22/h1-6,11-12H,7-10H2,(H,21,27). The van der Waals surface area contributed by atoms with Gasteiger partial charge < -0.3 is 4.74 Å². The molecule has 0 saturated carbocycles. The van der Waals surface area contributed by atoms with Gasteiger partial charge in [-0.05, 0) is 42.5 Å². The SMILES string of the molecule is O=S(=O)(c1cccc(-c2n[nH]c(=S)n2-c2cccc(Cl)c2)c1)N1CCOCC1. The predicted molar refractivity (Wildman–Crippen MR) is 109 cm³/mol. The van der Waals surface area contributed by atoms with Crippen LogP contribution in [0.15, 0.2) is 53.4 Å². The normalized spacial score (nSPS) is 15.6. The quantitative estimate of drug-likeness (QED) is 0.635. The third-order valence-electron chi connectivity index (χ3n) is 4.44. The van der Waals surface area contributed by atoms with E-state index in [0.717, 1.165) is 5.69 Å². The van der Waals surface area contributed by atoms with Crippen LogP contribution in [0, 0.1) is 4.77 Å². The van der Waals surface area contributed by atoms with Crippen molar-refractivity contribution in [1.29, 1.82) is 0 Å². The van der Waals surface area contributed by atoms with E-state index in [2.05, 4.69) is 10.2 Å². The lowest BCUT2D eigenvalue weighted by Gasteiger charge is -2.26. The van der Waals surface area contributed by atoms with Crippen LogP contribution in [0.2, 0.25) is 5.02 Å². The van der Waals surface area contributed by atoms with Gasteiger partial charge in [0.25, 0.3) is 0 Å². The Balaban J connectivity index is 1.78. The van der Waals surface area contributed by atoms with Crippen LogP contribution in [-0.2, 0) is 14.8 Å². The molecule has 2 heterocycles. The zero-order valence-electron chi connectivity index (χ0n) is 14.7. The van der Waals surface area contributed by atoms with E-state index in [9.17, 15) is 8.42 Å². The van der Waals surface area contributed by atoms with Gasteiger partial charge in [0.05, 0.1) is 23.8 Å². The first kappa shape index (κ1) is 19.3. The highest BCUT2D eigenvalue weighted by Gasteiger charge is 2.27. The van der Waals surface area contributed by atoms with Crippen LogP contribution < -0.4 is 0 Å². The van der Waals surface area contributed by atoms with Gasteiger partial charge in [0, 0.05) is 23.7 Å². The molecule has 0 unspecified atom stereocenters. The van der Waals surface area contributed by atoms with E-state index in [-0.39, 0.29) is 4.90 Å². The van der Waals surface area contributed by atoms with Crippen LogP contribution in [0.5, 0.6) is 0 Å². The Morgan fingerprint density at radius 3 is 2.61 bits per heavy atom. The molecule has 4 rings (SSSR count). The number of hydrogen-bond donors (Lipinski definition) is 1. The van der Waals surface area contributed by atoms with Gasteiger partial charge >= 0.3 is 0 Å². The summed E-state index contributed by atoms with van der Waals surface area (Å²) in [6.45, 7) is 1.47. The van der Waals surface area contributed by atoms with E-state index in [0.29, 0.717) is 47.5 Å². The second-order valence-electron chi connectivity index (χ2n) is 6.21. The number of halogens is 1.